The number of nitrogens with two attached hydrogens (primary N) is 1. The molecule has 1 saturated heterocycles. The summed E-state index contributed by atoms with van der Waals surface area (Å²) in [6.07, 6.45) is 2.64. The van der Waals surface area contributed by atoms with Gasteiger partial charge in [0.05, 0.1) is 4.92 Å². The highest BCUT2D eigenvalue weighted by Crippen LogP contribution is 2.23. The van der Waals surface area contributed by atoms with Gasteiger partial charge in [0.15, 0.2) is 0 Å². The Morgan fingerprint density at radius 3 is 3.00 bits per heavy atom. The molecule has 0 radical (unpaired) electrons. The van der Waals surface area contributed by atoms with Crippen LogP contribution in [-0.4, -0.2) is 39.8 Å². The third-order valence-electron chi connectivity index (χ3n) is 3.02. The number of aromatic nitrogens is 1. The van der Waals surface area contributed by atoms with Gasteiger partial charge in [-0.25, -0.2) is 4.98 Å². The number of rotatable bonds is 2. The van der Waals surface area contributed by atoms with Crippen LogP contribution in [0.2, 0.25) is 5.15 Å². The first kappa shape index (κ1) is 13.7. The zero-order valence-corrected chi connectivity index (χ0v) is 10.8. The summed E-state index contributed by atoms with van der Waals surface area (Å²) in [6.45, 7) is 0.944. The van der Waals surface area contributed by atoms with Crippen LogP contribution in [0.15, 0.2) is 12.3 Å². The van der Waals surface area contributed by atoms with Crippen LogP contribution in [0, 0.1) is 10.1 Å². The fraction of sp³-hybridized carbons (Fsp3) is 0.455. The fourth-order valence-corrected chi connectivity index (χ4v) is 2.26. The molecule has 0 aliphatic carbocycles. The number of amides is 1. The van der Waals surface area contributed by atoms with Crippen molar-refractivity contribution in [3.63, 3.8) is 0 Å². The van der Waals surface area contributed by atoms with Crippen LogP contribution in [0.1, 0.15) is 23.2 Å². The number of hydrogen-bond acceptors (Lipinski definition) is 5. The molecule has 0 bridgehead atoms. The SMILES string of the molecule is NC1CCCN(C(=O)c2cc(Cl)ncc2[N+](=O)[O-])C1. The molecule has 1 aromatic heterocycles. The molecule has 0 spiro atoms. The number of likely N-dealkylation sites (tertiary alicyclic amines) is 1. The Balaban J connectivity index is 2.32. The molecule has 0 saturated carbocycles. The average Bonchev–Trinajstić information content (AvgIpc) is 2.37. The summed E-state index contributed by atoms with van der Waals surface area (Å²) in [7, 11) is 0. The second-order valence-electron chi connectivity index (χ2n) is 4.43. The van der Waals surface area contributed by atoms with Crippen LogP contribution in [-0.2, 0) is 0 Å². The average molecular weight is 285 g/mol. The summed E-state index contributed by atoms with van der Waals surface area (Å²) >= 11 is 5.70. The molecule has 1 atom stereocenters. The van der Waals surface area contributed by atoms with Crippen LogP contribution in [0.25, 0.3) is 0 Å². The van der Waals surface area contributed by atoms with E-state index in [1.165, 1.54) is 11.0 Å². The van der Waals surface area contributed by atoms with Crippen molar-refractivity contribution in [3.05, 3.63) is 33.1 Å². The second kappa shape index (κ2) is 5.50. The van der Waals surface area contributed by atoms with E-state index in [9.17, 15) is 14.9 Å². The number of pyridine rings is 1. The van der Waals surface area contributed by atoms with Gasteiger partial charge in [-0.2, -0.15) is 0 Å². The van der Waals surface area contributed by atoms with Gasteiger partial charge >= 0.3 is 0 Å². The molecule has 2 N–H and O–H groups in total. The van der Waals surface area contributed by atoms with Gasteiger partial charge in [0.1, 0.15) is 16.9 Å². The number of hydrogen-bond donors (Lipinski definition) is 1. The van der Waals surface area contributed by atoms with E-state index in [-0.39, 0.29) is 22.4 Å². The van der Waals surface area contributed by atoms with Gasteiger partial charge in [0.25, 0.3) is 11.6 Å². The van der Waals surface area contributed by atoms with Gasteiger partial charge in [0, 0.05) is 19.1 Å². The van der Waals surface area contributed by atoms with E-state index in [0.717, 1.165) is 19.0 Å². The molecule has 1 amide bonds. The summed E-state index contributed by atoms with van der Waals surface area (Å²) in [5, 5.41) is 11.0. The quantitative estimate of drug-likeness (QED) is 0.499. The minimum absolute atomic E-state index is 0.0425. The first-order valence-electron chi connectivity index (χ1n) is 5.84. The number of nitrogens with zero attached hydrogens (tertiary/aromatic N) is 3. The van der Waals surface area contributed by atoms with E-state index in [1.54, 1.807) is 0 Å². The molecule has 8 heteroatoms. The first-order chi connectivity index (χ1) is 8.99. The highest BCUT2D eigenvalue weighted by molar-refractivity contribution is 6.29. The van der Waals surface area contributed by atoms with Crippen molar-refractivity contribution in [3.8, 4) is 0 Å². The molecule has 102 valence electrons. The third kappa shape index (κ3) is 2.99. The number of carbonyl (C=O) groups excluding carboxylic acids is 1. The fourth-order valence-electron chi connectivity index (χ4n) is 2.10. The monoisotopic (exact) mass is 284 g/mol. The minimum Gasteiger partial charge on any atom is -0.337 e. The predicted molar refractivity (Wildman–Crippen MR) is 69.0 cm³/mol. The van der Waals surface area contributed by atoms with E-state index in [2.05, 4.69) is 4.98 Å². The molecular weight excluding hydrogens is 272 g/mol. The Hall–Kier alpha value is -1.73. The van der Waals surface area contributed by atoms with E-state index in [4.69, 9.17) is 17.3 Å². The second-order valence-corrected chi connectivity index (χ2v) is 4.82. The minimum atomic E-state index is -0.638. The van der Waals surface area contributed by atoms with Gasteiger partial charge in [-0.3, -0.25) is 14.9 Å². The first-order valence-corrected chi connectivity index (χ1v) is 6.21. The van der Waals surface area contributed by atoms with Crippen molar-refractivity contribution in [2.24, 2.45) is 5.73 Å². The number of carbonyl (C=O) groups is 1. The summed E-state index contributed by atoms with van der Waals surface area (Å²) in [5.41, 5.74) is 5.42. The lowest BCUT2D eigenvalue weighted by atomic mass is 10.1. The zero-order chi connectivity index (χ0) is 14.0. The summed E-state index contributed by atoms with van der Waals surface area (Å²) in [5.74, 6) is -0.425. The molecule has 1 aromatic rings. The van der Waals surface area contributed by atoms with Crippen LogP contribution >= 0.6 is 11.6 Å². The van der Waals surface area contributed by atoms with Gasteiger partial charge in [-0.15, -0.1) is 0 Å². The van der Waals surface area contributed by atoms with Crippen LogP contribution in [0.3, 0.4) is 0 Å². The van der Waals surface area contributed by atoms with Crippen molar-refractivity contribution in [1.82, 2.24) is 9.88 Å². The Bertz CT molecular complexity index is 523. The number of piperidine rings is 1. The summed E-state index contributed by atoms with van der Waals surface area (Å²) < 4.78 is 0. The van der Waals surface area contributed by atoms with Gasteiger partial charge in [0.2, 0.25) is 0 Å². The van der Waals surface area contributed by atoms with Crippen LogP contribution in [0.4, 0.5) is 5.69 Å². The molecule has 2 rings (SSSR count). The topological polar surface area (TPSA) is 102 Å². The van der Waals surface area contributed by atoms with E-state index in [0.29, 0.717) is 13.1 Å². The normalized spacial score (nSPS) is 19.3. The summed E-state index contributed by atoms with van der Waals surface area (Å²) in [4.78, 5) is 27.7. The maximum atomic E-state index is 12.3. The number of halogens is 1. The van der Waals surface area contributed by atoms with Crippen molar-refractivity contribution in [2.75, 3.05) is 13.1 Å². The molecular formula is C11H13ClN4O3. The number of nitro groups is 1. The van der Waals surface area contributed by atoms with Crippen molar-refractivity contribution in [2.45, 2.75) is 18.9 Å². The molecule has 1 fully saturated rings. The van der Waals surface area contributed by atoms with Crippen LogP contribution in [0.5, 0.6) is 0 Å². The molecule has 19 heavy (non-hydrogen) atoms. The maximum Gasteiger partial charge on any atom is 0.300 e. The van der Waals surface area contributed by atoms with Crippen molar-refractivity contribution in [1.29, 1.82) is 0 Å². The molecule has 1 aliphatic rings. The molecule has 7 nitrogen and oxygen atoms in total. The van der Waals surface area contributed by atoms with Gasteiger partial charge in [-0.05, 0) is 18.9 Å². The lowest BCUT2D eigenvalue weighted by molar-refractivity contribution is -0.385. The highest BCUT2D eigenvalue weighted by atomic mass is 35.5. The Kier molecular flexibility index (Phi) is 3.96. The Labute approximate surface area is 114 Å². The molecule has 1 unspecified atom stereocenters. The van der Waals surface area contributed by atoms with Crippen LogP contribution < -0.4 is 5.73 Å². The Morgan fingerprint density at radius 2 is 2.37 bits per heavy atom. The van der Waals surface area contributed by atoms with E-state index in [1.807, 2.05) is 0 Å². The molecule has 0 aromatic carbocycles. The van der Waals surface area contributed by atoms with E-state index >= 15 is 0 Å². The third-order valence-corrected chi connectivity index (χ3v) is 3.23. The Morgan fingerprint density at radius 1 is 1.63 bits per heavy atom. The van der Waals surface area contributed by atoms with Gasteiger partial charge < -0.3 is 10.6 Å². The lowest BCUT2D eigenvalue weighted by Crippen LogP contribution is -2.45. The largest absolute Gasteiger partial charge is 0.337 e. The summed E-state index contributed by atoms with van der Waals surface area (Å²) in [6, 6.07) is 1.14. The zero-order valence-electron chi connectivity index (χ0n) is 10.1. The molecule has 2 heterocycles. The highest BCUT2D eigenvalue weighted by Gasteiger charge is 2.28. The maximum absolute atomic E-state index is 12.3. The smallest absolute Gasteiger partial charge is 0.300 e. The van der Waals surface area contributed by atoms with Gasteiger partial charge in [-0.1, -0.05) is 11.6 Å². The van der Waals surface area contributed by atoms with E-state index < -0.39 is 10.8 Å². The van der Waals surface area contributed by atoms with Crippen molar-refractivity contribution < 1.29 is 9.72 Å². The lowest BCUT2D eigenvalue weighted by Gasteiger charge is -2.30. The van der Waals surface area contributed by atoms with Crippen molar-refractivity contribution >= 4 is 23.2 Å². The standard InChI is InChI=1S/C11H13ClN4O3/c12-10-4-8(9(5-14-10)16(18)19)11(17)15-3-1-2-7(13)6-15/h4-5,7H,1-3,6,13H2. The predicted octanol–water partition coefficient (Wildman–Crippen LogP) is 1.21. The molecule has 1 aliphatic heterocycles.